The Bertz CT molecular complexity index is 787. The first-order valence-electron chi connectivity index (χ1n) is 7.32. The lowest BCUT2D eigenvalue weighted by Gasteiger charge is -2.13. The number of urea groups is 1. The molecule has 0 radical (unpaired) electrons. The van der Waals surface area contributed by atoms with Crippen molar-refractivity contribution in [2.45, 2.75) is 25.9 Å². The maximum Gasteiger partial charge on any atom is 0.416 e. The van der Waals surface area contributed by atoms with E-state index < -0.39 is 35.1 Å². The van der Waals surface area contributed by atoms with Gasteiger partial charge in [-0.15, -0.1) is 0 Å². The summed E-state index contributed by atoms with van der Waals surface area (Å²) in [5.41, 5.74) is -1.23. The quantitative estimate of drug-likeness (QED) is 0.674. The van der Waals surface area contributed by atoms with Gasteiger partial charge in [0, 0.05) is 0 Å². The highest BCUT2D eigenvalue weighted by atomic mass is 19.4. The largest absolute Gasteiger partial charge is 0.416 e. The lowest BCUT2D eigenvalue weighted by Crippen LogP contribution is -2.21. The third-order valence-corrected chi connectivity index (χ3v) is 3.45. The van der Waals surface area contributed by atoms with E-state index >= 15 is 0 Å². The molecular formula is C17H15F5N2O. The van der Waals surface area contributed by atoms with Crippen LogP contribution in [0.25, 0.3) is 0 Å². The van der Waals surface area contributed by atoms with Gasteiger partial charge in [0.1, 0.15) is 11.6 Å². The number of benzene rings is 2. The number of nitrogens with one attached hydrogen (secondary N) is 2. The number of carbonyl (C=O) groups is 1. The van der Waals surface area contributed by atoms with Gasteiger partial charge in [0.15, 0.2) is 0 Å². The third kappa shape index (κ3) is 4.68. The van der Waals surface area contributed by atoms with E-state index in [9.17, 15) is 26.7 Å². The Balaban J connectivity index is 2.16. The lowest BCUT2D eigenvalue weighted by molar-refractivity contribution is -0.137. The van der Waals surface area contributed by atoms with Gasteiger partial charge in [0.05, 0.1) is 16.9 Å². The normalized spacial score (nSPS) is 11.5. The first-order valence-corrected chi connectivity index (χ1v) is 7.32. The first kappa shape index (κ1) is 18.7. The van der Waals surface area contributed by atoms with Crippen LogP contribution < -0.4 is 10.6 Å². The zero-order valence-corrected chi connectivity index (χ0v) is 13.3. The molecule has 2 N–H and O–H groups in total. The summed E-state index contributed by atoms with van der Waals surface area (Å²) in [5.74, 6) is -1.67. The van der Waals surface area contributed by atoms with Crippen molar-refractivity contribution >= 4 is 17.4 Å². The zero-order chi connectivity index (χ0) is 18.8. The van der Waals surface area contributed by atoms with E-state index in [1.54, 1.807) is 6.07 Å². The van der Waals surface area contributed by atoms with E-state index in [0.29, 0.717) is 23.8 Å². The molecule has 0 atom stereocenters. The Kier molecular flexibility index (Phi) is 5.30. The van der Waals surface area contributed by atoms with Crippen LogP contribution >= 0.6 is 0 Å². The van der Waals surface area contributed by atoms with Gasteiger partial charge in [-0.1, -0.05) is 19.9 Å². The summed E-state index contributed by atoms with van der Waals surface area (Å²) < 4.78 is 65.5. The van der Waals surface area contributed by atoms with E-state index in [4.69, 9.17) is 0 Å². The second-order valence-corrected chi connectivity index (χ2v) is 5.67. The molecule has 8 heteroatoms. The molecule has 2 amide bonds. The van der Waals surface area contributed by atoms with Crippen molar-refractivity contribution in [3.8, 4) is 0 Å². The molecule has 0 aliphatic carbocycles. The van der Waals surface area contributed by atoms with Crippen molar-refractivity contribution in [2.75, 3.05) is 10.6 Å². The fourth-order valence-electron chi connectivity index (χ4n) is 2.07. The molecule has 0 unspecified atom stereocenters. The molecule has 0 spiro atoms. The van der Waals surface area contributed by atoms with Crippen molar-refractivity contribution in [3.63, 3.8) is 0 Å². The molecule has 25 heavy (non-hydrogen) atoms. The van der Waals surface area contributed by atoms with Crippen LogP contribution in [0.3, 0.4) is 0 Å². The Morgan fingerprint density at radius 2 is 1.56 bits per heavy atom. The lowest BCUT2D eigenvalue weighted by atomic mass is 10.0. The summed E-state index contributed by atoms with van der Waals surface area (Å²) in [6.45, 7) is 3.73. The number of hydrogen-bond donors (Lipinski definition) is 2. The van der Waals surface area contributed by atoms with Gasteiger partial charge >= 0.3 is 12.2 Å². The minimum atomic E-state index is -4.68. The van der Waals surface area contributed by atoms with Gasteiger partial charge in [-0.05, 0) is 41.8 Å². The highest BCUT2D eigenvalue weighted by Crippen LogP contribution is 2.32. The van der Waals surface area contributed by atoms with Crippen LogP contribution in [0.2, 0.25) is 0 Å². The second-order valence-electron chi connectivity index (χ2n) is 5.67. The van der Waals surface area contributed by atoms with Crippen molar-refractivity contribution in [2.24, 2.45) is 0 Å². The molecule has 2 rings (SSSR count). The van der Waals surface area contributed by atoms with Crippen LogP contribution in [0, 0.1) is 11.6 Å². The molecule has 3 nitrogen and oxygen atoms in total. The van der Waals surface area contributed by atoms with Crippen molar-refractivity contribution in [1.82, 2.24) is 0 Å². The van der Waals surface area contributed by atoms with Crippen LogP contribution in [0.1, 0.15) is 30.9 Å². The predicted octanol–water partition coefficient (Wildman–Crippen LogP) is 5.75. The molecule has 134 valence electrons. The van der Waals surface area contributed by atoms with Crippen LogP contribution in [-0.4, -0.2) is 6.03 Å². The van der Waals surface area contributed by atoms with E-state index in [2.05, 4.69) is 5.32 Å². The van der Waals surface area contributed by atoms with Gasteiger partial charge in [0.25, 0.3) is 0 Å². The molecule has 0 saturated carbocycles. The van der Waals surface area contributed by atoms with Gasteiger partial charge in [-0.25, -0.2) is 13.6 Å². The minimum absolute atomic E-state index is 0.0802. The van der Waals surface area contributed by atoms with Crippen LogP contribution in [0.4, 0.5) is 38.1 Å². The number of rotatable bonds is 3. The molecule has 0 aromatic heterocycles. The van der Waals surface area contributed by atoms with Crippen LogP contribution in [-0.2, 0) is 6.18 Å². The van der Waals surface area contributed by atoms with E-state index in [1.165, 1.54) is 12.1 Å². The van der Waals surface area contributed by atoms with Gasteiger partial charge in [-0.2, -0.15) is 13.2 Å². The fourth-order valence-corrected chi connectivity index (χ4v) is 2.07. The fraction of sp³-hybridized carbons (Fsp3) is 0.235. The summed E-state index contributed by atoms with van der Waals surface area (Å²) in [6.07, 6.45) is -4.68. The molecule has 0 fully saturated rings. The van der Waals surface area contributed by atoms with E-state index in [0.717, 1.165) is 0 Å². The number of hydrogen-bond acceptors (Lipinski definition) is 1. The maximum atomic E-state index is 13.9. The summed E-state index contributed by atoms with van der Waals surface area (Å²) in [4.78, 5) is 11.8. The number of halogens is 5. The SMILES string of the molecule is CC(C)c1ccc(NC(=O)Nc2cc(C(F)(F)F)ccc2F)c(F)c1. The van der Waals surface area contributed by atoms with Gasteiger partial charge in [-0.3, -0.25) is 0 Å². The number of carbonyl (C=O) groups excluding carboxylic acids is 1. The van der Waals surface area contributed by atoms with Crippen molar-refractivity contribution in [1.29, 1.82) is 0 Å². The van der Waals surface area contributed by atoms with Gasteiger partial charge < -0.3 is 10.6 Å². The topological polar surface area (TPSA) is 41.1 Å². The van der Waals surface area contributed by atoms with E-state index in [-0.39, 0.29) is 11.6 Å². The Morgan fingerprint density at radius 1 is 0.920 bits per heavy atom. The van der Waals surface area contributed by atoms with Crippen molar-refractivity contribution in [3.05, 3.63) is 59.2 Å². The predicted molar refractivity (Wildman–Crippen MR) is 84.5 cm³/mol. The molecule has 0 aliphatic heterocycles. The molecule has 0 heterocycles. The third-order valence-electron chi connectivity index (χ3n) is 3.45. The van der Waals surface area contributed by atoms with Crippen molar-refractivity contribution < 1.29 is 26.7 Å². The highest BCUT2D eigenvalue weighted by molar-refractivity contribution is 6.00. The van der Waals surface area contributed by atoms with E-state index in [1.807, 2.05) is 19.2 Å². The molecular weight excluding hydrogens is 343 g/mol. The second kappa shape index (κ2) is 7.08. The zero-order valence-electron chi connectivity index (χ0n) is 13.3. The number of amides is 2. The average Bonchev–Trinajstić information content (AvgIpc) is 2.50. The number of alkyl halides is 3. The smallest absolute Gasteiger partial charge is 0.305 e. The van der Waals surface area contributed by atoms with Gasteiger partial charge in [0.2, 0.25) is 0 Å². The number of anilines is 2. The summed E-state index contributed by atoms with van der Waals surface area (Å²) in [6, 6.07) is 4.73. The summed E-state index contributed by atoms with van der Waals surface area (Å²) >= 11 is 0. The van der Waals surface area contributed by atoms with Crippen LogP contribution in [0.5, 0.6) is 0 Å². The highest BCUT2D eigenvalue weighted by Gasteiger charge is 2.31. The molecule has 2 aromatic rings. The Labute approximate surface area is 140 Å². The molecule has 2 aromatic carbocycles. The maximum absolute atomic E-state index is 13.9. The Morgan fingerprint density at radius 3 is 2.12 bits per heavy atom. The first-order chi connectivity index (χ1) is 11.6. The molecule has 0 bridgehead atoms. The average molecular weight is 358 g/mol. The Hall–Kier alpha value is -2.64. The van der Waals surface area contributed by atoms with Crippen LogP contribution in [0.15, 0.2) is 36.4 Å². The minimum Gasteiger partial charge on any atom is -0.305 e. The molecule has 0 saturated heterocycles. The summed E-state index contributed by atoms with van der Waals surface area (Å²) in [7, 11) is 0. The summed E-state index contributed by atoms with van der Waals surface area (Å²) in [5, 5.41) is 4.08. The standard InChI is InChI=1S/C17H15F5N2O/c1-9(2)10-3-6-14(13(19)7-10)23-16(25)24-15-8-11(17(20,21)22)4-5-12(15)18/h3-9H,1-2H3,(H2,23,24,25). The molecule has 0 aliphatic rings. The monoisotopic (exact) mass is 358 g/mol.